The van der Waals surface area contributed by atoms with Crippen molar-refractivity contribution in [2.24, 2.45) is 10.3 Å². The molecule has 2 aliphatic heterocycles. The molecule has 24 heavy (non-hydrogen) atoms. The Morgan fingerprint density at radius 3 is 2.92 bits per heavy atom. The molecular formula is C12H15ClN8O3. The van der Waals surface area contributed by atoms with Gasteiger partial charge in [-0.25, -0.2) is 15.1 Å². The van der Waals surface area contributed by atoms with Crippen LogP contribution in [0.1, 0.15) is 13.2 Å². The first kappa shape index (κ1) is 15.6. The van der Waals surface area contributed by atoms with Crippen LogP contribution in [-0.4, -0.2) is 65.9 Å². The van der Waals surface area contributed by atoms with E-state index in [1.807, 2.05) is 6.92 Å². The Kier molecular flexibility index (Phi) is 3.81. The number of aliphatic hydroxyl groups is 2. The summed E-state index contributed by atoms with van der Waals surface area (Å²) in [5, 5.41) is 30.3. The number of hydrogen-bond acceptors (Lipinski definition) is 10. The van der Waals surface area contributed by atoms with Crippen LogP contribution < -0.4 is 5.43 Å². The molecule has 0 saturated carbocycles. The van der Waals surface area contributed by atoms with Crippen LogP contribution in [-0.2, 0) is 4.74 Å². The first-order valence-corrected chi connectivity index (χ1v) is 7.77. The van der Waals surface area contributed by atoms with Gasteiger partial charge in [-0.05, 0) is 18.5 Å². The summed E-state index contributed by atoms with van der Waals surface area (Å²) >= 11 is 5.82. The van der Waals surface area contributed by atoms with Gasteiger partial charge >= 0.3 is 0 Å². The van der Waals surface area contributed by atoms with Crippen molar-refractivity contribution < 1.29 is 14.9 Å². The van der Waals surface area contributed by atoms with Gasteiger partial charge in [-0.15, -0.1) is 5.11 Å². The summed E-state index contributed by atoms with van der Waals surface area (Å²) in [6, 6.07) is 0. The van der Waals surface area contributed by atoms with Gasteiger partial charge in [-0.1, -0.05) is 5.22 Å². The van der Waals surface area contributed by atoms with Crippen molar-refractivity contribution in [2.45, 2.75) is 37.6 Å². The lowest BCUT2D eigenvalue weighted by Crippen LogP contribution is -2.47. The molecule has 1 fully saturated rings. The number of aliphatic hydroxyl groups excluding tert-OH is 2. The quantitative estimate of drug-likeness (QED) is 0.636. The summed E-state index contributed by atoms with van der Waals surface area (Å²) in [5.41, 5.74) is 3.89. The lowest BCUT2D eigenvalue weighted by Gasteiger charge is -2.20. The summed E-state index contributed by atoms with van der Waals surface area (Å²) < 4.78 is 7.35. The van der Waals surface area contributed by atoms with Crippen LogP contribution in [0.3, 0.4) is 0 Å². The Balaban J connectivity index is 1.62. The molecule has 12 heteroatoms. The number of rotatable bonds is 3. The second-order valence-corrected chi connectivity index (χ2v) is 5.80. The molecule has 0 spiro atoms. The molecule has 2 aliphatic rings. The van der Waals surface area contributed by atoms with Gasteiger partial charge in [0.25, 0.3) is 0 Å². The van der Waals surface area contributed by atoms with Crippen molar-refractivity contribution in [3.8, 4) is 0 Å². The molecule has 0 aromatic carbocycles. The SMILES string of the molecule is CCN1N=NC([C@H]2O[C@@H](n3cnc4cnc(Cl)nc43)[C@H](O)[C@@H]2O)N1. The van der Waals surface area contributed by atoms with Crippen LogP contribution in [0.5, 0.6) is 0 Å². The molecule has 5 atom stereocenters. The predicted octanol–water partition coefficient (Wildman–Crippen LogP) is -0.368. The maximum Gasteiger partial charge on any atom is 0.224 e. The second-order valence-electron chi connectivity index (χ2n) is 5.47. The van der Waals surface area contributed by atoms with E-state index >= 15 is 0 Å². The van der Waals surface area contributed by atoms with Gasteiger partial charge in [-0.3, -0.25) is 4.57 Å². The van der Waals surface area contributed by atoms with Crippen LogP contribution in [0.4, 0.5) is 0 Å². The van der Waals surface area contributed by atoms with Crippen LogP contribution in [0.2, 0.25) is 5.28 Å². The van der Waals surface area contributed by atoms with Gasteiger partial charge in [0.15, 0.2) is 18.0 Å². The monoisotopic (exact) mass is 354 g/mol. The molecule has 0 radical (unpaired) electrons. The zero-order valence-electron chi connectivity index (χ0n) is 12.6. The number of nitrogens with one attached hydrogen (secondary N) is 1. The van der Waals surface area contributed by atoms with Gasteiger partial charge in [0.05, 0.1) is 19.1 Å². The summed E-state index contributed by atoms with van der Waals surface area (Å²) in [6.45, 7) is 2.51. The molecule has 4 rings (SSSR count). The molecule has 1 unspecified atom stereocenters. The molecule has 1 saturated heterocycles. The van der Waals surface area contributed by atoms with Gasteiger partial charge in [0.1, 0.15) is 23.8 Å². The zero-order valence-corrected chi connectivity index (χ0v) is 13.3. The zero-order chi connectivity index (χ0) is 16.8. The van der Waals surface area contributed by atoms with Crippen LogP contribution in [0.15, 0.2) is 22.9 Å². The van der Waals surface area contributed by atoms with E-state index in [9.17, 15) is 10.2 Å². The van der Waals surface area contributed by atoms with E-state index in [0.717, 1.165) is 0 Å². The Hall–Kier alpha value is -1.92. The van der Waals surface area contributed by atoms with Crippen molar-refractivity contribution in [1.82, 2.24) is 30.1 Å². The third-order valence-corrected chi connectivity index (χ3v) is 4.19. The summed E-state index contributed by atoms with van der Waals surface area (Å²) in [4.78, 5) is 12.1. The largest absolute Gasteiger partial charge is 0.387 e. The fourth-order valence-electron chi connectivity index (χ4n) is 2.78. The Morgan fingerprint density at radius 1 is 1.33 bits per heavy atom. The van der Waals surface area contributed by atoms with Crippen molar-refractivity contribution in [3.05, 3.63) is 17.8 Å². The van der Waals surface area contributed by atoms with Crippen molar-refractivity contribution >= 4 is 22.8 Å². The van der Waals surface area contributed by atoms with Gasteiger partial charge in [0.2, 0.25) is 5.28 Å². The number of ether oxygens (including phenoxy) is 1. The highest BCUT2D eigenvalue weighted by atomic mass is 35.5. The molecule has 2 aromatic rings. The second kappa shape index (κ2) is 5.86. The number of hydrazine groups is 1. The highest BCUT2D eigenvalue weighted by Gasteiger charge is 2.49. The van der Waals surface area contributed by atoms with Crippen LogP contribution in [0.25, 0.3) is 11.2 Å². The standard InChI is InChI=1S/C12H15ClN8O3/c1-2-21-18-9(17-19-21)8-6(22)7(23)11(24-8)20-4-15-5-3-14-12(13)16-10(5)20/h3-4,6-9,11,18,22-23H,2H2,1H3/t6-,7+,8-,9?,11+/m0/s1. The molecular weight excluding hydrogens is 340 g/mol. The number of fused-ring (bicyclic) bond motifs is 1. The van der Waals surface area contributed by atoms with Crippen molar-refractivity contribution in [2.75, 3.05) is 6.54 Å². The van der Waals surface area contributed by atoms with Crippen molar-refractivity contribution in [3.63, 3.8) is 0 Å². The lowest BCUT2D eigenvalue weighted by atomic mass is 10.1. The van der Waals surface area contributed by atoms with E-state index in [0.29, 0.717) is 17.7 Å². The Labute approximate surface area is 140 Å². The van der Waals surface area contributed by atoms with Crippen LogP contribution >= 0.6 is 11.6 Å². The summed E-state index contributed by atoms with van der Waals surface area (Å²) in [7, 11) is 0. The maximum atomic E-state index is 10.4. The molecule has 11 nitrogen and oxygen atoms in total. The van der Waals surface area contributed by atoms with E-state index in [1.165, 1.54) is 22.2 Å². The normalized spacial score (nSPS) is 33.0. The average molecular weight is 355 g/mol. The first-order chi connectivity index (χ1) is 11.6. The number of hydrogen-bond donors (Lipinski definition) is 3. The Morgan fingerprint density at radius 2 is 2.17 bits per heavy atom. The first-order valence-electron chi connectivity index (χ1n) is 7.39. The molecule has 2 aromatic heterocycles. The highest BCUT2D eigenvalue weighted by Crippen LogP contribution is 2.34. The molecule has 3 N–H and O–H groups in total. The molecule has 0 amide bonds. The number of halogens is 1. The lowest BCUT2D eigenvalue weighted by molar-refractivity contribution is -0.0487. The number of aromatic nitrogens is 4. The van der Waals surface area contributed by atoms with E-state index in [-0.39, 0.29) is 5.28 Å². The van der Waals surface area contributed by atoms with Crippen molar-refractivity contribution in [1.29, 1.82) is 0 Å². The maximum absolute atomic E-state index is 10.4. The third-order valence-electron chi connectivity index (χ3n) is 4.01. The van der Waals surface area contributed by atoms with E-state index in [2.05, 4.69) is 30.7 Å². The summed E-state index contributed by atoms with van der Waals surface area (Å²) in [6.07, 6.45) is -1.66. The minimum Gasteiger partial charge on any atom is -0.387 e. The predicted molar refractivity (Wildman–Crippen MR) is 80.4 cm³/mol. The highest BCUT2D eigenvalue weighted by molar-refractivity contribution is 6.28. The third kappa shape index (κ3) is 2.41. The number of nitrogens with zero attached hydrogens (tertiary/aromatic N) is 7. The number of imidazole rings is 1. The summed E-state index contributed by atoms with van der Waals surface area (Å²) in [5.74, 6) is 0. The fourth-order valence-corrected chi connectivity index (χ4v) is 2.91. The topological polar surface area (TPSA) is 133 Å². The van der Waals surface area contributed by atoms with E-state index in [4.69, 9.17) is 16.3 Å². The van der Waals surface area contributed by atoms with E-state index < -0.39 is 30.7 Å². The fraction of sp³-hybridized carbons (Fsp3) is 0.583. The molecule has 0 bridgehead atoms. The smallest absolute Gasteiger partial charge is 0.224 e. The molecule has 4 heterocycles. The Bertz CT molecular complexity index is 785. The minimum atomic E-state index is -1.19. The van der Waals surface area contributed by atoms with Gasteiger partial charge in [-0.2, -0.15) is 10.4 Å². The molecule has 0 aliphatic carbocycles. The minimum absolute atomic E-state index is 0.0543. The van der Waals surface area contributed by atoms with Gasteiger partial charge < -0.3 is 14.9 Å². The van der Waals surface area contributed by atoms with Crippen LogP contribution in [0, 0.1) is 0 Å². The molecule has 128 valence electrons. The van der Waals surface area contributed by atoms with Gasteiger partial charge in [0, 0.05) is 0 Å². The van der Waals surface area contributed by atoms with E-state index in [1.54, 1.807) is 0 Å². The average Bonchev–Trinajstić information content (AvgIpc) is 3.27.